The molecule has 10 heavy (non-hydrogen) atoms. The Morgan fingerprint density at radius 2 is 2.20 bits per heavy atom. The Morgan fingerprint density at radius 1 is 1.60 bits per heavy atom. The molecule has 0 aromatic heterocycles. The van der Waals surface area contributed by atoms with Crippen LogP contribution < -0.4 is 0 Å². The van der Waals surface area contributed by atoms with Crippen molar-refractivity contribution in [3.8, 4) is 0 Å². The molecule has 0 aromatic rings. The lowest BCUT2D eigenvalue weighted by atomic mass is 10.5. The number of aliphatic hydroxyl groups excluding tert-OH is 1. The minimum absolute atomic E-state index is 0.0498. The number of rotatable bonds is 5. The maximum atomic E-state index is 9.82. The van der Waals surface area contributed by atoms with Gasteiger partial charge in [-0.2, -0.15) is 0 Å². The summed E-state index contributed by atoms with van der Waals surface area (Å²) in [4.78, 5) is 11.2. The molecule has 0 aromatic carbocycles. The van der Waals surface area contributed by atoms with Crippen LogP contribution in [-0.2, 0) is 0 Å². The van der Waals surface area contributed by atoms with Crippen molar-refractivity contribution < 1.29 is 10.0 Å². The van der Waals surface area contributed by atoms with E-state index in [1.54, 1.807) is 11.9 Å². The van der Waals surface area contributed by atoms with E-state index < -0.39 is 0 Å². The highest BCUT2D eigenvalue weighted by Gasteiger charge is 2.00. The molecule has 0 saturated carbocycles. The van der Waals surface area contributed by atoms with Crippen LogP contribution in [0.5, 0.6) is 0 Å². The topological polar surface area (TPSA) is 66.6 Å². The van der Waals surface area contributed by atoms with Crippen molar-refractivity contribution >= 4 is 0 Å². The molecule has 1 N–H and O–H groups in total. The van der Waals surface area contributed by atoms with Crippen LogP contribution in [0.15, 0.2) is 0 Å². The predicted molar refractivity (Wildman–Crippen MR) is 36.4 cm³/mol. The first-order chi connectivity index (χ1) is 4.66. The third-order valence-corrected chi connectivity index (χ3v) is 1.15. The van der Waals surface area contributed by atoms with Gasteiger partial charge in [-0.05, 0) is 7.05 Å². The lowest BCUT2D eigenvalue weighted by Crippen LogP contribution is -2.27. The molecule has 0 aliphatic rings. The zero-order chi connectivity index (χ0) is 7.98. The first kappa shape index (κ1) is 9.32. The highest BCUT2D eigenvalue weighted by Crippen LogP contribution is 1.80. The van der Waals surface area contributed by atoms with Crippen molar-refractivity contribution in [1.29, 1.82) is 0 Å². The van der Waals surface area contributed by atoms with Gasteiger partial charge in [-0.1, -0.05) is 0 Å². The van der Waals surface area contributed by atoms with Gasteiger partial charge in [-0.15, -0.1) is 0 Å². The van der Waals surface area contributed by atoms with E-state index in [-0.39, 0.29) is 18.1 Å². The van der Waals surface area contributed by atoms with Crippen molar-refractivity contribution in [2.45, 2.75) is 0 Å². The Kier molecular flexibility index (Phi) is 4.78. The smallest absolute Gasteiger partial charge is 0.216 e. The predicted octanol–water partition coefficient (Wildman–Crippen LogP) is -0.813. The Balaban J connectivity index is 3.21. The van der Waals surface area contributed by atoms with Gasteiger partial charge in [-0.3, -0.25) is 15.0 Å². The second-order valence-corrected chi connectivity index (χ2v) is 2.08. The van der Waals surface area contributed by atoms with Gasteiger partial charge in [0.05, 0.1) is 13.2 Å². The van der Waals surface area contributed by atoms with Crippen LogP contribution in [0.4, 0.5) is 0 Å². The normalized spacial score (nSPS) is 10.3. The van der Waals surface area contributed by atoms with Gasteiger partial charge >= 0.3 is 0 Å². The number of likely N-dealkylation sites (N-methyl/N-ethyl adjacent to an activating group) is 1. The number of nitrogens with zero attached hydrogens (tertiary/aromatic N) is 2. The van der Waals surface area contributed by atoms with E-state index in [9.17, 15) is 10.1 Å². The molecule has 0 fully saturated rings. The third kappa shape index (κ3) is 5.46. The monoisotopic (exact) mass is 148 g/mol. The van der Waals surface area contributed by atoms with Crippen LogP contribution in [-0.4, -0.2) is 48.2 Å². The van der Waals surface area contributed by atoms with Gasteiger partial charge in [0.15, 0.2) is 0 Å². The standard InChI is InChI=1S/C5H12N2O3/c1-6(4-5-8)2-3-7(9)10/h8H,2-5H2,1H3. The average Bonchev–Trinajstić information content (AvgIpc) is 1.85. The number of nitro groups is 1. The molecular weight excluding hydrogens is 136 g/mol. The molecule has 5 heteroatoms. The first-order valence-electron chi connectivity index (χ1n) is 3.08. The zero-order valence-corrected chi connectivity index (χ0v) is 5.99. The van der Waals surface area contributed by atoms with Gasteiger partial charge in [-0.25, -0.2) is 0 Å². The Hall–Kier alpha value is -0.680. The molecule has 0 rings (SSSR count). The lowest BCUT2D eigenvalue weighted by molar-refractivity contribution is -0.480. The number of hydrogen-bond acceptors (Lipinski definition) is 4. The van der Waals surface area contributed by atoms with Crippen molar-refractivity contribution in [3.05, 3.63) is 10.1 Å². The summed E-state index contributed by atoms with van der Waals surface area (Å²) < 4.78 is 0. The molecule has 0 bridgehead atoms. The molecule has 0 amide bonds. The molecule has 0 spiro atoms. The molecule has 0 heterocycles. The van der Waals surface area contributed by atoms with Crippen LogP contribution in [0.1, 0.15) is 0 Å². The molecule has 60 valence electrons. The summed E-state index contributed by atoms with van der Waals surface area (Å²) in [6.45, 7) is 0.881. The summed E-state index contributed by atoms with van der Waals surface area (Å²) in [5.74, 6) is 0. The minimum atomic E-state index is -0.367. The van der Waals surface area contributed by atoms with E-state index in [0.717, 1.165) is 0 Å². The van der Waals surface area contributed by atoms with Crippen LogP contribution >= 0.6 is 0 Å². The Morgan fingerprint density at radius 3 is 2.60 bits per heavy atom. The van der Waals surface area contributed by atoms with E-state index >= 15 is 0 Å². The maximum absolute atomic E-state index is 9.82. The highest BCUT2D eigenvalue weighted by molar-refractivity contribution is 4.46. The quantitative estimate of drug-likeness (QED) is 0.409. The van der Waals surface area contributed by atoms with Crippen molar-refractivity contribution in [2.24, 2.45) is 0 Å². The average molecular weight is 148 g/mol. The van der Waals surface area contributed by atoms with Crippen LogP contribution in [0.25, 0.3) is 0 Å². The van der Waals surface area contributed by atoms with Crippen LogP contribution in [0.2, 0.25) is 0 Å². The van der Waals surface area contributed by atoms with E-state index in [2.05, 4.69) is 0 Å². The van der Waals surface area contributed by atoms with Gasteiger partial charge < -0.3 is 5.11 Å². The lowest BCUT2D eigenvalue weighted by Gasteiger charge is -2.10. The minimum Gasteiger partial charge on any atom is -0.395 e. The SMILES string of the molecule is CN(CCO)CC[N+](=O)[O-]. The summed E-state index contributed by atoms with van der Waals surface area (Å²) in [6, 6.07) is 0. The summed E-state index contributed by atoms with van der Waals surface area (Å²) >= 11 is 0. The number of hydrogen-bond donors (Lipinski definition) is 1. The van der Waals surface area contributed by atoms with Gasteiger partial charge in [0.25, 0.3) is 0 Å². The highest BCUT2D eigenvalue weighted by atomic mass is 16.6. The van der Waals surface area contributed by atoms with E-state index in [4.69, 9.17) is 5.11 Å². The largest absolute Gasteiger partial charge is 0.395 e. The van der Waals surface area contributed by atoms with Gasteiger partial charge in [0.2, 0.25) is 6.54 Å². The maximum Gasteiger partial charge on any atom is 0.216 e. The molecule has 0 radical (unpaired) electrons. The molecule has 0 atom stereocenters. The zero-order valence-electron chi connectivity index (χ0n) is 5.99. The number of aliphatic hydroxyl groups is 1. The van der Waals surface area contributed by atoms with E-state index in [1.165, 1.54) is 0 Å². The van der Waals surface area contributed by atoms with Crippen LogP contribution in [0.3, 0.4) is 0 Å². The Labute approximate surface area is 59.4 Å². The fourth-order valence-corrected chi connectivity index (χ4v) is 0.535. The first-order valence-corrected chi connectivity index (χ1v) is 3.08. The molecule has 0 unspecified atom stereocenters. The summed E-state index contributed by atoms with van der Waals surface area (Å²) in [5.41, 5.74) is 0. The van der Waals surface area contributed by atoms with Crippen LogP contribution in [0, 0.1) is 10.1 Å². The summed E-state index contributed by atoms with van der Waals surface area (Å²) in [6.07, 6.45) is 0. The summed E-state index contributed by atoms with van der Waals surface area (Å²) in [5, 5.41) is 18.2. The molecule has 0 aliphatic carbocycles. The second kappa shape index (κ2) is 5.13. The second-order valence-electron chi connectivity index (χ2n) is 2.08. The molecule has 0 saturated heterocycles. The van der Waals surface area contributed by atoms with Crippen molar-refractivity contribution in [1.82, 2.24) is 4.90 Å². The molecular formula is C5H12N2O3. The van der Waals surface area contributed by atoms with Gasteiger partial charge in [0.1, 0.15) is 0 Å². The Bertz CT molecular complexity index is 107. The van der Waals surface area contributed by atoms with Crippen molar-refractivity contribution in [2.75, 3.05) is 33.3 Å². The van der Waals surface area contributed by atoms with Gasteiger partial charge in [0, 0.05) is 11.5 Å². The van der Waals surface area contributed by atoms with E-state index in [0.29, 0.717) is 13.1 Å². The molecule has 0 aliphatic heterocycles. The fourth-order valence-electron chi connectivity index (χ4n) is 0.535. The fraction of sp³-hybridized carbons (Fsp3) is 1.00. The van der Waals surface area contributed by atoms with E-state index in [1.807, 2.05) is 0 Å². The molecule has 5 nitrogen and oxygen atoms in total. The van der Waals surface area contributed by atoms with Crippen molar-refractivity contribution in [3.63, 3.8) is 0 Å². The summed E-state index contributed by atoms with van der Waals surface area (Å²) in [7, 11) is 1.74. The third-order valence-electron chi connectivity index (χ3n) is 1.15.